The van der Waals surface area contributed by atoms with Gasteiger partial charge in [-0.15, -0.1) is 0 Å². The van der Waals surface area contributed by atoms with Gasteiger partial charge in [-0.05, 0) is 12.8 Å². The first-order valence-electron chi connectivity index (χ1n) is 26.5. The minimum atomic E-state index is 0.0324. The average molecular weight is 775 g/mol. The first-order valence-corrected chi connectivity index (χ1v) is 26.5. The number of hydrogen-bond acceptors (Lipinski definition) is 2. The molecule has 0 saturated heterocycles. The van der Waals surface area contributed by atoms with Gasteiger partial charge < -0.3 is 4.74 Å². The van der Waals surface area contributed by atoms with Gasteiger partial charge in [-0.25, -0.2) is 0 Å². The van der Waals surface area contributed by atoms with E-state index in [0.29, 0.717) is 13.0 Å². The van der Waals surface area contributed by atoms with Crippen LogP contribution in [0.25, 0.3) is 0 Å². The van der Waals surface area contributed by atoms with Gasteiger partial charge in [0.25, 0.3) is 0 Å². The van der Waals surface area contributed by atoms with Crippen molar-refractivity contribution in [1.82, 2.24) is 0 Å². The van der Waals surface area contributed by atoms with Gasteiger partial charge in [0.1, 0.15) is 0 Å². The number of hydrogen-bond donors (Lipinski definition) is 0. The zero-order valence-corrected chi connectivity index (χ0v) is 38.7. The lowest BCUT2D eigenvalue weighted by molar-refractivity contribution is -0.143. The minimum absolute atomic E-state index is 0.0324. The molecule has 0 rings (SSSR count). The van der Waals surface area contributed by atoms with E-state index in [9.17, 15) is 4.79 Å². The summed E-state index contributed by atoms with van der Waals surface area (Å²) in [5.41, 5.74) is 0. The van der Waals surface area contributed by atoms with Crippen LogP contribution in [0.4, 0.5) is 0 Å². The summed E-state index contributed by atoms with van der Waals surface area (Å²) in [6.07, 6.45) is 68.4. The zero-order chi connectivity index (χ0) is 39.6. The third kappa shape index (κ3) is 51.5. The summed E-state index contributed by atoms with van der Waals surface area (Å²) in [5, 5.41) is 0. The van der Waals surface area contributed by atoms with E-state index < -0.39 is 0 Å². The van der Waals surface area contributed by atoms with Crippen molar-refractivity contribution in [1.29, 1.82) is 0 Å². The van der Waals surface area contributed by atoms with Crippen LogP contribution in [0, 0.1) is 0 Å². The number of carbonyl (C=O) groups excluding carboxylic acids is 1. The fourth-order valence-electron chi connectivity index (χ4n) is 8.55. The van der Waals surface area contributed by atoms with Crippen molar-refractivity contribution in [2.24, 2.45) is 0 Å². The van der Waals surface area contributed by atoms with Crippen LogP contribution in [0.1, 0.15) is 328 Å². The molecule has 0 aliphatic carbocycles. The molecule has 0 unspecified atom stereocenters. The molecule has 55 heavy (non-hydrogen) atoms. The largest absolute Gasteiger partial charge is 0.466 e. The maximum Gasteiger partial charge on any atom is 0.305 e. The summed E-state index contributed by atoms with van der Waals surface area (Å²) in [4.78, 5) is 12.0. The number of carbonyl (C=O) groups is 1. The fraction of sp³-hybridized carbons (Fsp3) is 0.981. The molecular weight excluding hydrogens is 669 g/mol. The van der Waals surface area contributed by atoms with E-state index in [-0.39, 0.29) is 5.97 Å². The van der Waals surface area contributed by atoms with Gasteiger partial charge in [0.15, 0.2) is 0 Å². The topological polar surface area (TPSA) is 26.3 Å². The Morgan fingerprint density at radius 1 is 0.236 bits per heavy atom. The van der Waals surface area contributed by atoms with E-state index >= 15 is 0 Å². The van der Waals surface area contributed by atoms with Crippen LogP contribution < -0.4 is 0 Å². The van der Waals surface area contributed by atoms with Crippen molar-refractivity contribution in [2.75, 3.05) is 6.61 Å². The predicted octanol–water partition coefficient (Wildman–Crippen LogP) is 19.7. The van der Waals surface area contributed by atoms with Crippen LogP contribution in [-0.4, -0.2) is 12.6 Å². The number of rotatable bonds is 50. The van der Waals surface area contributed by atoms with Crippen molar-refractivity contribution in [2.45, 2.75) is 328 Å². The Hall–Kier alpha value is -0.530. The number of esters is 1. The van der Waals surface area contributed by atoms with Gasteiger partial charge >= 0.3 is 5.97 Å². The average Bonchev–Trinajstić information content (AvgIpc) is 3.19. The molecule has 0 radical (unpaired) electrons. The Balaban J connectivity index is 3.12. The highest BCUT2D eigenvalue weighted by atomic mass is 16.5. The molecule has 0 fully saturated rings. The van der Waals surface area contributed by atoms with Gasteiger partial charge in [0.05, 0.1) is 6.61 Å². The monoisotopic (exact) mass is 775 g/mol. The maximum absolute atomic E-state index is 12.0. The summed E-state index contributed by atoms with van der Waals surface area (Å²) < 4.78 is 5.48. The molecule has 0 atom stereocenters. The second kappa shape index (κ2) is 51.5. The van der Waals surface area contributed by atoms with Gasteiger partial charge in [-0.2, -0.15) is 0 Å². The predicted molar refractivity (Wildman–Crippen MR) is 249 cm³/mol. The third-order valence-corrected chi connectivity index (χ3v) is 12.5. The Morgan fingerprint density at radius 2 is 0.400 bits per heavy atom. The minimum Gasteiger partial charge on any atom is -0.466 e. The van der Waals surface area contributed by atoms with Crippen LogP contribution >= 0.6 is 0 Å². The molecule has 2 heteroatoms. The second-order valence-electron chi connectivity index (χ2n) is 18.2. The van der Waals surface area contributed by atoms with Crippen molar-refractivity contribution in [3.63, 3.8) is 0 Å². The molecule has 0 spiro atoms. The quantitative estimate of drug-likeness (QED) is 0.0454. The van der Waals surface area contributed by atoms with E-state index in [4.69, 9.17) is 4.74 Å². The first kappa shape index (κ1) is 54.5. The zero-order valence-electron chi connectivity index (χ0n) is 38.7. The van der Waals surface area contributed by atoms with Crippen molar-refractivity contribution < 1.29 is 9.53 Å². The molecule has 0 amide bonds. The summed E-state index contributed by atoms with van der Waals surface area (Å²) >= 11 is 0. The Morgan fingerprint density at radius 3 is 0.600 bits per heavy atom. The highest BCUT2D eigenvalue weighted by Crippen LogP contribution is 2.18. The van der Waals surface area contributed by atoms with E-state index in [1.807, 2.05) is 0 Å². The Kier molecular flexibility index (Phi) is 51.0. The van der Waals surface area contributed by atoms with Gasteiger partial charge in [-0.3, -0.25) is 4.79 Å². The lowest BCUT2D eigenvalue weighted by Crippen LogP contribution is -2.05. The van der Waals surface area contributed by atoms with Crippen molar-refractivity contribution >= 4 is 5.97 Å². The lowest BCUT2D eigenvalue weighted by Gasteiger charge is -2.06. The third-order valence-electron chi connectivity index (χ3n) is 12.5. The molecule has 0 heterocycles. The number of ether oxygens (including phenoxy) is 1. The fourth-order valence-corrected chi connectivity index (χ4v) is 8.55. The lowest BCUT2D eigenvalue weighted by atomic mass is 10.0. The highest BCUT2D eigenvalue weighted by Gasteiger charge is 2.03. The van der Waals surface area contributed by atoms with Crippen LogP contribution in [0.15, 0.2) is 0 Å². The smallest absolute Gasteiger partial charge is 0.305 e. The Bertz CT molecular complexity index is 673. The SMILES string of the molecule is CCCCCCCCCCCCCCCCCCCCCCCCCCCCCCCCCCCCCC(=O)OCCCCCCCCCCCCCCC. The molecule has 0 aromatic heterocycles. The molecule has 0 aromatic carbocycles. The van der Waals surface area contributed by atoms with Crippen LogP contribution in [0.5, 0.6) is 0 Å². The van der Waals surface area contributed by atoms with E-state index in [0.717, 1.165) is 12.8 Å². The molecule has 0 aromatic rings. The van der Waals surface area contributed by atoms with Gasteiger partial charge in [0.2, 0.25) is 0 Å². The highest BCUT2D eigenvalue weighted by molar-refractivity contribution is 5.69. The van der Waals surface area contributed by atoms with Crippen LogP contribution in [-0.2, 0) is 9.53 Å². The van der Waals surface area contributed by atoms with Gasteiger partial charge in [0, 0.05) is 6.42 Å². The maximum atomic E-state index is 12.0. The van der Waals surface area contributed by atoms with E-state index in [1.54, 1.807) is 0 Å². The molecule has 0 bridgehead atoms. The normalized spacial score (nSPS) is 11.5. The summed E-state index contributed by atoms with van der Waals surface area (Å²) in [5.74, 6) is 0.0324. The standard InChI is InChI=1S/C53H106O2/c1-3-5-7-9-11-13-15-17-18-19-20-21-22-23-24-25-26-27-28-29-30-31-32-33-34-35-36-37-38-39-41-43-45-47-49-51-53(54)55-52-50-48-46-44-42-40-16-14-12-10-8-6-4-2/h3-52H2,1-2H3. The van der Waals surface area contributed by atoms with Crippen molar-refractivity contribution in [3.8, 4) is 0 Å². The molecule has 0 N–H and O–H groups in total. The van der Waals surface area contributed by atoms with Crippen molar-refractivity contribution in [3.05, 3.63) is 0 Å². The molecule has 330 valence electrons. The van der Waals surface area contributed by atoms with E-state index in [2.05, 4.69) is 13.8 Å². The molecule has 0 saturated carbocycles. The number of unbranched alkanes of at least 4 members (excludes halogenated alkanes) is 46. The van der Waals surface area contributed by atoms with Crippen LogP contribution in [0.3, 0.4) is 0 Å². The molecule has 0 aliphatic heterocycles. The van der Waals surface area contributed by atoms with Crippen LogP contribution in [0.2, 0.25) is 0 Å². The summed E-state index contributed by atoms with van der Waals surface area (Å²) in [6.45, 7) is 5.23. The Labute approximate surface area is 349 Å². The summed E-state index contributed by atoms with van der Waals surface area (Å²) in [6, 6.07) is 0. The molecular formula is C53H106O2. The van der Waals surface area contributed by atoms with Gasteiger partial charge in [-0.1, -0.05) is 309 Å². The first-order chi connectivity index (χ1) is 27.3. The molecule has 0 aliphatic rings. The van der Waals surface area contributed by atoms with E-state index in [1.165, 1.54) is 295 Å². The molecule has 2 nitrogen and oxygen atoms in total. The second-order valence-corrected chi connectivity index (χ2v) is 18.2. The summed E-state index contributed by atoms with van der Waals surface area (Å²) in [7, 11) is 0.